The first-order chi connectivity index (χ1) is 7.49. The lowest BCUT2D eigenvalue weighted by Crippen LogP contribution is -2.28. The maximum absolute atomic E-state index is 11.5. The number of pyridine rings is 1. The number of aromatic nitrogens is 1. The first-order valence-electron chi connectivity index (χ1n) is 5.06. The van der Waals surface area contributed by atoms with Crippen LogP contribution in [0.1, 0.15) is 13.3 Å². The summed E-state index contributed by atoms with van der Waals surface area (Å²) in [7, 11) is 3.52. The van der Waals surface area contributed by atoms with E-state index >= 15 is 0 Å². The molecule has 1 amide bonds. The minimum Gasteiger partial charge on any atom is -0.381 e. The second kappa shape index (κ2) is 5.84. The van der Waals surface area contributed by atoms with Gasteiger partial charge < -0.3 is 10.2 Å². The summed E-state index contributed by atoms with van der Waals surface area (Å²) in [5.74, 6) is 0.114. The zero-order valence-corrected chi connectivity index (χ0v) is 11.3. The quantitative estimate of drug-likeness (QED) is 0.922. The summed E-state index contributed by atoms with van der Waals surface area (Å²) in [6, 6.07) is 2.02. The van der Waals surface area contributed by atoms with Crippen molar-refractivity contribution in [2.75, 3.05) is 19.4 Å². The fraction of sp³-hybridized carbons (Fsp3) is 0.455. The van der Waals surface area contributed by atoms with Crippen LogP contribution in [0.3, 0.4) is 0 Å². The molecule has 0 aliphatic heterocycles. The predicted molar refractivity (Wildman–Crippen MR) is 68.3 cm³/mol. The van der Waals surface area contributed by atoms with E-state index in [9.17, 15) is 4.79 Å². The van der Waals surface area contributed by atoms with E-state index in [0.29, 0.717) is 6.42 Å². The molecular weight excluding hydrogens is 270 g/mol. The van der Waals surface area contributed by atoms with Crippen molar-refractivity contribution in [1.82, 2.24) is 9.88 Å². The number of hydrogen-bond acceptors (Lipinski definition) is 3. The molecule has 4 nitrogen and oxygen atoms in total. The third kappa shape index (κ3) is 4.18. The smallest absolute Gasteiger partial charge is 0.224 e. The first-order valence-corrected chi connectivity index (χ1v) is 5.85. The van der Waals surface area contributed by atoms with Crippen molar-refractivity contribution >= 4 is 27.5 Å². The van der Waals surface area contributed by atoms with Gasteiger partial charge in [0.05, 0.1) is 11.9 Å². The maximum Gasteiger partial charge on any atom is 0.224 e. The molecule has 16 heavy (non-hydrogen) atoms. The molecule has 1 N–H and O–H groups in total. The highest BCUT2D eigenvalue weighted by atomic mass is 79.9. The molecule has 1 aromatic rings. The standard InChI is InChI=1S/C11H16BrN3O/c1-8(4-11(16)15(2)3)14-10-5-9(12)6-13-7-10/h5-8,14H,4H2,1-3H3. The van der Waals surface area contributed by atoms with Gasteiger partial charge in [-0.2, -0.15) is 0 Å². The molecule has 0 radical (unpaired) electrons. The highest BCUT2D eigenvalue weighted by molar-refractivity contribution is 9.10. The molecule has 0 aliphatic rings. The Bertz CT molecular complexity index is 368. The third-order valence-electron chi connectivity index (χ3n) is 2.10. The van der Waals surface area contributed by atoms with Gasteiger partial charge in [-0.3, -0.25) is 9.78 Å². The number of hydrogen-bond donors (Lipinski definition) is 1. The second-order valence-electron chi connectivity index (χ2n) is 3.93. The van der Waals surface area contributed by atoms with E-state index in [0.717, 1.165) is 10.2 Å². The van der Waals surface area contributed by atoms with E-state index in [1.807, 2.05) is 13.0 Å². The zero-order valence-electron chi connectivity index (χ0n) is 9.70. The summed E-state index contributed by atoms with van der Waals surface area (Å²) in [6.07, 6.45) is 3.93. The molecular formula is C11H16BrN3O. The number of nitrogens with one attached hydrogen (secondary N) is 1. The van der Waals surface area contributed by atoms with Crippen molar-refractivity contribution < 1.29 is 4.79 Å². The van der Waals surface area contributed by atoms with Crippen LogP contribution in [-0.4, -0.2) is 35.9 Å². The van der Waals surface area contributed by atoms with Gasteiger partial charge in [-0.05, 0) is 28.9 Å². The number of carbonyl (C=O) groups is 1. The molecule has 0 aliphatic carbocycles. The van der Waals surface area contributed by atoms with Crippen molar-refractivity contribution in [3.05, 3.63) is 22.9 Å². The molecule has 0 spiro atoms. The molecule has 5 heteroatoms. The monoisotopic (exact) mass is 285 g/mol. The van der Waals surface area contributed by atoms with Crippen LogP contribution in [0, 0.1) is 0 Å². The highest BCUT2D eigenvalue weighted by Crippen LogP contribution is 2.15. The van der Waals surface area contributed by atoms with Gasteiger partial charge >= 0.3 is 0 Å². The Balaban J connectivity index is 2.51. The molecule has 1 heterocycles. The summed E-state index contributed by atoms with van der Waals surface area (Å²) >= 11 is 3.35. The van der Waals surface area contributed by atoms with Crippen LogP contribution in [0.2, 0.25) is 0 Å². The van der Waals surface area contributed by atoms with Crippen LogP contribution < -0.4 is 5.32 Å². The fourth-order valence-electron chi connectivity index (χ4n) is 1.27. The number of anilines is 1. The van der Waals surface area contributed by atoms with Gasteiger partial charge in [-0.15, -0.1) is 0 Å². The maximum atomic E-state index is 11.5. The minimum atomic E-state index is 0.0889. The van der Waals surface area contributed by atoms with Crippen LogP contribution in [0.4, 0.5) is 5.69 Å². The summed E-state index contributed by atoms with van der Waals surface area (Å²) in [5, 5.41) is 3.23. The molecule has 0 saturated heterocycles. The Morgan fingerprint density at radius 2 is 2.25 bits per heavy atom. The molecule has 1 rings (SSSR count). The Morgan fingerprint density at radius 3 is 2.81 bits per heavy atom. The van der Waals surface area contributed by atoms with Gasteiger partial charge in [0.2, 0.25) is 5.91 Å². The van der Waals surface area contributed by atoms with E-state index in [1.54, 1.807) is 31.4 Å². The Kier molecular flexibility index (Phi) is 4.73. The lowest BCUT2D eigenvalue weighted by Gasteiger charge is -2.17. The van der Waals surface area contributed by atoms with Gasteiger partial charge in [0.1, 0.15) is 0 Å². The van der Waals surface area contributed by atoms with Crippen LogP contribution in [0.5, 0.6) is 0 Å². The van der Waals surface area contributed by atoms with Gasteiger partial charge in [0.25, 0.3) is 0 Å². The van der Waals surface area contributed by atoms with E-state index in [2.05, 4.69) is 26.2 Å². The van der Waals surface area contributed by atoms with Crippen molar-refractivity contribution in [2.45, 2.75) is 19.4 Å². The van der Waals surface area contributed by atoms with Crippen LogP contribution >= 0.6 is 15.9 Å². The molecule has 0 aromatic carbocycles. The average molecular weight is 286 g/mol. The topological polar surface area (TPSA) is 45.2 Å². The van der Waals surface area contributed by atoms with Gasteiger partial charge in [0, 0.05) is 37.2 Å². The van der Waals surface area contributed by atoms with Gasteiger partial charge in [0.15, 0.2) is 0 Å². The Hall–Kier alpha value is -1.10. The Labute approximate surface area is 104 Å². The van der Waals surface area contributed by atoms with Gasteiger partial charge in [-0.25, -0.2) is 0 Å². The van der Waals surface area contributed by atoms with Crippen LogP contribution in [0.15, 0.2) is 22.9 Å². The number of rotatable bonds is 4. The molecule has 1 aromatic heterocycles. The molecule has 1 atom stereocenters. The number of halogens is 1. The Morgan fingerprint density at radius 1 is 1.56 bits per heavy atom. The van der Waals surface area contributed by atoms with Crippen LogP contribution in [0.25, 0.3) is 0 Å². The normalized spacial score (nSPS) is 12.0. The SMILES string of the molecule is CC(CC(=O)N(C)C)Nc1cncc(Br)c1. The second-order valence-corrected chi connectivity index (χ2v) is 4.85. The van der Waals surface area contributed by atoms with E-state index < -0.39 is 0 Å². The van der Waals surface area contributed by atoms with Crippen molar-refractivity contribution in [1.29, 1.82) is 0 Å². The van der Waals surface area contributed by atoms with E-state index in [1.165, 1.54) is 0 Å². The highest BCUT2D eigenvalue weighted by Gasteiger charge is 2.10. The van der Waals surface area contributed by atoms with E-state index in [-0.39, 0.29) is 11.9 Å². The van der Waals surface area contributed by atoms with Crippen molar-refractivity contribution in [2.24, 2.45) is 0 Å². The summed E-state index contributed by atoms with van der Waals surface area (Å²) < 4.78 is 0.920. The fourth-order valence-corrected chi connectivity index (χ4v) is 1.64. The summed E-state index contributed by atoms with van der Waals surface area (Å²) in [4.78, 5) is 17.1. The average Bonchev–Trinajstić information content (AvgIpc) is 2.16. The van der Waals surface area contributed by atoms with E-state index in [4.69, 9.17) is 0 Å². The lowest BCUT2D eigenvalue weighted by atomic mass is 10.2. The zero-order chi connectivity index (χ0) is 12.1. The summed E-state index contributed by atoms with van der Waals surface area (Å²) in [5.41, 5.74) is 0.911. The van der Waals surface area contributed by atoms with Crippen molar-refractivity contribution in [3.63, 3.8) is 0 Å². The molecule has 88 valence electrons. The minimum absolute atomic E-state index is 0.0889. The number of nitrogens with zero attached hydrogens (tertiary/aromatic N) is 2. The lowest BCUT2D eigenvalue weighted by molar-refractivity contribution is -0.128. The molecule has 0 bridgehead atoms. The molecule has 1 unspecified atom stereocenters. The van der Waals surface area contributed by atoms with Gasteiger partial charge in [-0.1, -0.05) is 0 Å². The van der Waals surface area contributed by atoms with Crippen LogP contribution in [-0.2, 0) is 4.79 Å². The number of amides is 1. The molecule has 0 fully saturated rings. The summed E-state index contributed by atoms with van der Waals surface area (Å²) in [6.45, 7) is 1.97. The first kappa shape index (κ1) is 13.0. The van der Waals surface area contributed by atoms with Crippen molar-refractivity contribution in [3.8, 4) is 0 Å². The largest absolute Gasteiger partial charge is 0.381 e. The molecule has 0 saturated carbocycles. The predicted octanol–water partition coefficient (Wildman–Crippen LogP) is 2.12. The number of carbonyl (C=O) groups excluding carboxylic acids is 1. The third-order valence-corrected chi connectivity index (χ3v) is 2.53.